The molecule has 0 aliphatic carbocycles. The van der Waals surface area contributed by atoms with Crippen LogP contribution in [0.3, 0.4) is 0 Å². The maximum atomic E-state index is 6.26. The number of fused-ring (bicyclic) bond motifs is 1. The second kappa shape index (κ2) is 9.58. The van der Waals surface area contributed by atoms with Crippen molar-refractivity contribution in [2.75, 3.05) is 20.1 Å². The Morgan fingerprint density at radius 3 is 2.58 bits per heavy atom. The van der Waals surface area contributed by atoms with Crippen LogP contribution >= 0.6 is 11.6 Å². The average molecular weight is 369 g/mol. The minimum absolute atomic E-state index is 0.463. The van der Waals surface area contributed by atoms with Crippen molar-refractivity contribution in [2.45, 2.75) is 19.6 Å². The molecule has 0 atom stereocenters. The van der Waals surface area contributed by atoms with Crippen LogP contribution in [0.15, 0.2) is 60.7 Å². The number of ether oxygens (including phenoxy) is 1. The minimum atomic E-state index is 0.463. The van der Waals surface area contributed by atoms with E-state index in [0.717, 1.165) is 42.4 Å². The molecule has 26 heavy (non-hydrogen) atoms. The molecule has 0 aliphatic heterocycles. The maximum absolute atomic E-state index is 6.26. The van der Waals surface area contributed by atoms with Crippen LogP contribution in [0.5, 0.6) is 5.75 Å². The van der Waals surface area contributed by atoms with Gasteiger partial charge in [0.05, 0.1) is 0 Å². The lowest BCUT2D eigenvalue weighted by Gasteiger charge is -2.16. The molecule has 3 nitrogen and oxygen atoms in total. The Morgan fingerprint density at radius 2 is 1.73 bits per heavy atom. The largest absolute Gasteiger partial charge is 0.488 e. The number of halogens is 1. The normalized spacial score (nSPS) is 11.0. The molecule has 0 spiro atoms. The fourth-order valence-electron chi connectivity index (χ4n) is 3.01. The van der Waals surface area contributed by atoms with E-state index in [4.69, 9.17) is 16.3 Å². The van der Waals surface area contributed by atoms with E-state index < -0.39 is 0 Å². The van der Waals surface area contributed by atoms with E-state index in [1.54, 1.807) is 0 Å². The smallest absolute Gasteiger partial charge is 0.124 e. The number of nitrogens with one attached hydrogen (secondary N) is 2. The Hall–Kier alpha value is -2.07. The van der Waals surface area contributed by atoms with Crippen LogP contribution in [-0.2, 0) is 13.2 Å². The molecule has 0 bridgehead atoms. The van der Waals surface area contributed by atoms with E-state index in [1.165, 1.54) is 16.3 Å². The van der Waals surface area contributed by atoms with E-state index in [-0.39, 0.29) is 0 Å². The zero-order valence-electron chi connectivity index (χ0n) is 15.1. The van der Waals surface area contributed by atoms with E-state index in [0.29, 0.717) is 6.61 Å². The van der Waals surface area contributed by atoms with Crippen LogP contribution < -0.4 is 15.4 Å². The van der Waals surface area contributed by atoms with Crippen molar-refractivity contribution in [1.29, 1.82) is 0 Å². The third-order valence-electron chi connectivity index (χ3n) is 4.42. The van der Waals surface area contributed by atoms with Crippen molar-refractivity contribution in [3.63, 3.8) is 0 Å². The van der Waals surface area contributed by atoms with Crippen molar-refractivity contribution < 1.29 is 4.74 Å². The predicted molar refractivity (Wildman–Crippen MR) is 110 cm³/mol. The summed E-state index contributed by atoms with van der Waals surface area (Å²) in [5.74, 6) is 0.907. The SMILES string of the molecule is CNCCCNCc1c(OCc2ccccc2Cl)ccc2ccccc12. The highest BCUT2D eigenvalue weighted by Crippen LogP contribution is 2.29. The van der Waals surface area contributed by atoms with E-state index in [9.17, 15) is 0 Å². The number of hydrogen-bond acceptors (Lipinski definition) is 3. The summed E-state index contributed by atoms with van der Waals surface area (Å²) in [6, 6.07) is 20.4. The van der Waals surface area contributed by atoms with Crippen molar-refractivity contribution in [1.82, 2.24) is 10.6 Å². The van der Waals surface area contributed by atoms with Crippen molar-refractivity contribution in [3.8, 4) is 5.75 Å². The van der Waals surface area contributed by atoms with Gasteiger partial charge in [-0.3, -0.25) is 0 Å². The molecule has 0 amide bonds. The molecule has 2 N–H and O–H groups in total. The summed E-state index contributed by atoms with van der Waals surface area (Å²) < 4.78 is 6.15. The van der Waals surface area contributed by atoms with Gasteiger partial charge in [0, 0.05) is 22.7 Å². The van der Waals surface area contributed by atoms with Gasteiger partial charge in [0.1, 0.15) is 12.4 Å². The molecule has 3 aromatic rings. The molecule has 0 saturated carbocycles. The van der Waals surface area contributed by atoms with Crippen LogP contribution in [0, 0.1) is 0 Å². The van der Waals surface area contributed by atoms with Crippen molar-refractivity contribution in [3.05, 3.63) is 76.8 Å². The zero-order chi connectivity index (χ0) is 18.2. The Morgan fingerprint density at radius 1 is 0.923 bits per heavy atom. The number of benzene rings is 3. The summed E-state index contributed by atoms with van der Waals surface area (Å²) >= 11 is 6.26. The van der Waals surface area contributed by atoms with Crippen LogP contribution in [0.1, 0.15) is 17.5 Å². The number of rotatable bonds is 9. The van der Waals surface area contributed by atoms with Crippen molar-refractivity contribution in [2.24, 2.45) is 0 Å². The number of hydrogen-bond donors (Lipinski definition) is 2. The fourth-order valence-corrected chi connectivity index (χ4v) is 3.20. The highest BCUT2D eigenvalue weighted by molar-refractivity contribution is 6.31. The van der Waals surface area contributed by atoms with Gasteiger partial charge in [-0.25, -0.2) is 0 Å². The van der Waals surface area contributed by atoms with Gasteiger partial charge in [0.25, 0.3) is 0 Å². The third kappa shape index (κ3) is 4.76. The summed E-state index contributed by atoms with van der Waals surface area (Å²) in [5, 5.41) is 9.90. The lowest BCUT2D eigenvalue weighted by molar-refractivity contribution is 0.303. The molecule has 136 valence electrons. The quantitative estimate of drug-likeness (QED) is 0.534. The fraction of sp³-hybridized carbons (Fsp3) is 0.273. The van der Waals surface area contributed by atoms with E-state index in [1.807, 2.05) is 31.3 Å². The molecule has 4 heteroatoms. The van der Waals surface area contributed by atoms with Crippen LogP contribution in [0.4, 0.5) is 0 Å². The zero-order valence-corrected chi connectivity index (χ0v) is 15.9. The lowest BCUT2D eigenvalue weighted by Crippen LogP contribution is -2.20. The Labute approximate surface area is 160 Å². The molecule has 0 unspecified atom stereocenters. The van der Waals surface area contributed by atoms with Gasteiger partial charge >= 0.3 is 0 Å². The lowest BCUT2D eigenvalue weighted by atomic mass is 10.0. The summed E-state index contributed by atoms with van der Waals surface area (Å²) in [7, 11) is 1.98. The topological polar surface area (TPSA) is 33.3 Å². The van der Waals surface area contributed by atoms with Gasteiger partial charge in [-0.2, -0.15) is 0 Å². The Balaban J connectivity index is 1.79. The molecule has 0 radical (unpaired) electrons. The molecule has 0 aromatic heterocycles. The Bertz CT molecular complexity index is 850. The summed E-state index contributed by atoms with van der Waals surface area (Å²) in [6.45, 7) is 3.22. The molecule has 0 saturated heterocycles. The van der Waals surface area contributed by atoms with E-state index in [2.05, 4.69) is 47.0 Å². The first-order chi connectivity index (χ1) is 12.8. The molecule has 3 aromatic carbocycles. The van der Waals surface area contributed by atoms with Crippen LogP contribution in [-0.4, -0.2) is 20.1 Å². The first-order valence-corrected chi connectivity index (χ1v) is 9.39. The van der Waals surface area contributed by atoms with Crippen molar-refractivity contribution >= 4 is 22.4 Å². The van der Waals surface area contributed by atoms with Crippen LogP contribution in [0.2, 0.25) is 5.02 Å². The van der Waals surface area contributed by atoms with Gasteiger partial charge < -0.3 is 15.4 Å². The highest BCUT2D eigenvalue weighted by atomic mass is 35.5. The molecule has 3 rings (SSSR count). The first-order valence-electron chi connectivity index (χ1n) is 9.01. The minimum Gasteiger partial charge on any atom is -0.488 e. The van der Waals surface area contributed by atoms with Crippen LogP contribution in [0.25, 0.3) is 10.8 Å². The summed E-state index contributed by atoms with van der Waals surface area (Å²) in [6.07, 6.45) is 1.09. The Kier molecular flexibility index (Phi) is 6.89. The van der Waals surface area contributed by atoms with Gasteiger partial charge in [-0.05, 0) is 49.5 Å². The molecule has 0 fully saturated rings. The third-order valence-corrected chi connectivity index (χ3v) is 4.79. The molecule has 0 heterocycles. The molecular weight excluding hydrogens is 344 g/mol. The maximum Gasteiger partial charge on any atom is 0.124 e. The van der Waals surface area contributed by atoms with E-state index >= 15 is 0 Å². The van der Waals surface area contributed by atoms with Gasteiger partial charge in [-0.15, -0.1) is 0 Å². The predicted octanol–water partition coefficient (Wildman–Crippen LogP) is 4.77. The summed E-state index contributed by atoms with van der Waals surface area (Å²) in [5.41, 5.74) is 2.19. The summed E-state index contributed by atoms with van der Waals surface area (Å²) in [4.78, 5) is 0. The molecule has 0 aliphatic rings. The molecular formula is C22H25ClN2O. The second-order valence-corrected chi connectivity index (χ2v) is 6.68. The van der Waals surface area contributed by atoms with Gasteiger partial charge in [0.2, 0.25) is 0 Å². The first kappa shape index (κ1) is 18.7. The monoisotopic (exact) mass is 368 g/mol. The second-order valence-electron chi connectivity index (χ2n) is 6.28. The van der Waals surface area contributed by atoms with Gasteiger partial charge in [0.15, 0.2) is 0 Å². The standard InChI is InChI=1S/C22H25ClN2O/c1-24-13-6-14-25-15-20-19-9-4-2-7-17(19)11-12-22(20)26-16-18-8-3-5-10-21(18)23/h2-5,7-12,24-25H,6,13-16H2,1H3. The highest BCUT2D eigenvalue weighted by Gasteiger charge is 2.10. The average Bonchev–Trinajstić information content (AvgIpc) is 2.68. The van der Waals surface area contributed by atoms with Gasteiger partial charge in [-0.1, -0.05) is 60.1 Å².